The van der Waals surface area contributed by atoms with Crippen molar-refractivity contribution in [3.05, 3.63) is 68.3 Å². The second-order valence-corrected chi connectivity index (χ2v) is 6.55. The SMILES string of the molecule is CCc1ccsc1C(O)c1ccc(Br)c2ccccc12. The molecule has 1 N–H and O–H groups in total. The Kier molecular flexibility index (Phi) is 3.92. The van der Waals surface area contributed by atoms with Gasteiger partial charge in [-0.05, 0) is 45.8 Å². The van der Waals surface area contributed by atoms with Gasteiger partial charge in [-0.1, -0.05) is 53.2 Å². The van der Waals surface area contributed by atoms with E-state index < -0.39 is 6.10 Å². The molecule has 3 aromatic rings. The van der Waals surface area contributed by atoms with Crippen LogP contribution in [0.2, 0.25) is 0 Å². The zero-order valence-corrected chi connectivity index (χ0v) is 13.5. The van der Waals surface area contributed by atoms with Crippen molar-refractivity contribution >= 4 is 38.0 Å². The maximum atomic E-state index is 10.8. The Bertz CT molecular complexity index is 748. The summed E-state index contributed by atoms with van der Waals surface area (Å²) in [6.07, 6.45) is 0.396. The zero-order chi connectivity index (χ0) is 14.1. The molecule has 0 fully saturated rings. The molecule has 1 unspecified atom stereocenters. The first-order valence-corrected chi connectivity index (χ1v) is 8.31. The Hall–Kier alpha value is -1.16. The molecule has 1 aromatic heterocycles. The van der Waals surface area contributed by atoms with E-state index in [-0.39, 0.29) is 0 Å². The summed E-state index contributed by atoms with van der Waals surface area (Å²) in [7, 11) is 0. The van der Waals surface area contributed by atoms with Crippen LogP contribution in [-0.4, -0.2) is 5.11 Å². The highest BCUT2D eigenvalue weighted by Gasteiger charge is 2.18. The van der Waals surface area contributed by atoms with Crippen LogP contribution in [-0.2, 0) is 6.42 Å². The molecule has 0 saturated carbocycles. The largest absolute Gasteiger partial charge is 0.383 e. The van der Waals surface area contributed by atoms with Gasteiger partial charge in [-0.3, -0.25) is 0 Å². The molecular formula is C17H15BrOS. The van der Waals surface area contributed by atoms with E-state index >= 15 is 0 Å². The average Bonchev–Trinajstić information content (AvgIpc) is 2.96. The summed E-state index contributed by atoms with van der Waals surface area (Å²) in [6.45, 7) is 2.12. The molecule has 20 heavy (non-hydrogen) atoms. The highest BCUT2D eigenvalue weighted by molar-refractivity contribution is 9.10. The van der Waals surface area contributed by atoms with Crippen molar-refractivity contribution in [2.45, 2.75) is 19.4 Å². The zero-order valence-electron chi connectivity index (χ0n) is 11.1. The summed E-state index contributed by atoms with van der Waals surface area (Å²) in [6, 6.07) is 14.3. The fraction of sp³-hybridized carbons (Fsp3) is 0.176. The highest BCUT2D eigenvalue weighted by atomic mass is 79.9. The molecule has 1 heterocycles. The first kappa shape index (κ1) is 13.8. The van der Waals surface area contributed by atoms with Gasteiger partial charge in [-0.15, -0.1) is 11.3 Å². The van der Waals surface area contributed by atoms with Gasteiger partial charge in [0.1, 0.15) is 6.10 Å². The van der Waals surface area contributed by atoms with Gasteiger partial charge in [-0.2, -0.15) is 0 Å². The van der Waals surface area contributed by atoms with Gasteiger partial charge in [0.05, 0.1) is 0 Å². The molecule has 0 radical (unpaired) electrons. The molecule has 0 aliphatic rings. The normalized spacial score (nSPS) is 12.8. The van der Waals surface area contributed by atoms with Crippen LogP contribution in [0.5, 0.6) is 0 Å². The summed E-state index contributed by atoms with van der Waals surface area (Å²) in [5, 5.41) is 15.1. The molecule has 0 saturated heterocycles. The van der Waals surface area contributed by atoms with Gasteiger partial charge < -0.3 is 5.11 Å². The van der Waals surface area contributed by atoms with Crippen molar-refractivity contribution in [3.63, 3.8) is 0 Å². The molecule has 0 bridgehead atoms. The number of halogens is 1. The first-order valence-electron chi connectivity index (χ1n) is 6.64. The Morgan fingerprint density at radius 2 is 1.85 bits per heavy atom. The number of rotatable bonds is 3. The number of aliphatic hydroxyl groups is 1. The Morgan fingerprint density at radius 1 is 1.10 bits per heavy atom. The van der Waals surface area contributed by atoms with Crippen LogP contribution in [0.25, 0.3) is 10.8 Å². The number of thiophene rings is 1. The van der Waals surface area contributed by atoms with Crippen LogP contribution >= 0.6 is 27.3 Å². The minimum absolute atomic E-state index is 0.553. The van der Waals surface area contributed by atoms with E-state index in [0.29, 0.717) is 0 Å². The van der Waals surface area contributed by atoms with E-state index in [9.17, 15) is 5.11 Å². The van der Waals surface area contributed by atoms with Crippen molar-refractivity contribution in [3.8, 4) is 0 Å². The third-order valence-electron chi connectivity index (χ3n) is 3.61. The smallest absolute Gasteiger partial charge is 0.114 e. The van der Waals surface area contributed by atoms with Crippen molar-refractivity contribution in [1.29, 1.82) is 0 Å². The molecule has 0 spiro atoms. The minimum atomic E-state index is -0.553. The van der Waals surface area contributed by atoms with Crippen LogP contribution in [0, 0.1) is 0 Å². The lowest BCUT2D eigenvalue weighted by atomic mass is 9.98. The van der Waals surface area contributed by atoms with E-state index in [1.54, 1.807) is 11.3 Å². The fourth-order valence-electron chi connectivity index (χ4n) is 2.54. The van der Waals surface area contributed by atoms with E-state index in [2.05, 4.69) is 46.4 Å². The van der Waals surface area contributed by atoms with Gasteiger partial charge in [0.25, 0.3) is 0 Å². The molecule has 102 valence electrons. The Morgan fingerprint density at radius 3 is 2.60 bits per heavy atom. The summed E-state index contributed by atoms with van der Waals surface area (Å²) in [5.41, 5.74) is 2.20. The fourth-order valence-corrected chi connectivity index (χ4v) is 4.02. The van der Waals surface area contributed by atoms with E-state index in [1.165, 1.54) is 5.56 Å². The number of fused-ring (bicyclic) bond motifs is 1. The van der Waals surface area contributed by atoms with Crippen molar-refractivity contribution in [1.82, 2.24) is 0 Å². The van der Waals surface area contributed by atoms with Gasteiger partial charge in [0.15, 0.2) is 0 Å². The number of hydrogen-bond donors (Lipinski definition) is 1. The van der Waals surface area contributed by atoms with Gasteiger partial charge in [0, 0.05) is 9.35 Å². The van der Waals surface area contributed by atoms with Crippen LogP contribution in [0.1, 0.15) is 29.0 Å². The van der Waals surface area contributed by atoms with E-state index in [0.717, 1.165) is 32.1 Å². The van der Waals surface area contributed by atoms with Crippen LogP contribution in [0.4, 0.5) is 0 Å². The van der Waals surface area contributed by atoms with Crippen molar-refractivity contribution in [2.24, 2.45) is 0 Å². The van der Waals surface area contributed by atoms with Crippen LogP contribution in [0.15, 0.2) is 52.3 Å². The van der Waals surface area contributed by atoms with Crippen molar-refractivity contribution < 1.29 is 5.11 Å². The highest BCUT2D eigenvalue weighted by Crippen LogP contribution is 2.36. The standard InChI is InChI=1S/C17H15BrOS/c1-2-11-9-10-20-17(11)16(19)14-7-8-15(18)13-6-4-3-5-12(13)14/h3-10,16,19H,2H2,1H3. The summed E-state index contributed by atoms with van der Waals surface area (Å²) >= 11 is 5.21. The molecule has 1 atom stereocenters. The van der Waals surface area contributed by atoms with E-state index in [1.807, 2.05) is 24.3 Å². The molecular weight excluding hydrogens is 332 g/mol. The topological polar surface area (TPSA) is 20.2 Å². The van der Waals surface area contributed by atoms with E-state index in [4.69, 9.17) is 0 Å². The molecule has 1 nitrogen and oxygen atoms in total. The minimum Gasteiger partial charge on any atom is -0.383 e. The quantitative estimate of drug-likeness (QED) is 0.681. The summed E-state index contributed by atoms with van der Waals surface area (Å²) < 4.78 is 1.06. The molecule has 3 rings (SSSR count). The molecule has 0 aliphatic carbocycles. The second kappa shape index (κ2) is 5.68. The number of aliphatic hydroxyl groups excluding tert-OH is 1. The van der Waals surface area contributed by atoms with Crippen LogP contribution < -0.4 is 0 Å². The molecule has 0 aliphatic heterocycles. The lowest BCUT2D eigenvalue weighted by Gasteiger charge is -2.15. The van der Waals surface area contributed by atoms with Crippen molar-refractivity contribution in [2.75, 3.05) is 0 Å². The Labute approximate surface area is 131 Å². The molecule has 2 aromatic carbocycles. The summed E-state index contributed by atoms with van der Waals surface area (Å²) in [5.74, 6) is 0. The first-order chi connectivity index (χ1) is 9.72. The third-order valence-corrected chi connectivity index (χ3v) is 5.31. The molecule has 0 amide bonds. The maximum absolute atomic E-state index is 10.8. The van der Waals surface area contributed by atoms with Crippen LogP contribution in [0.3, 0.4) is 0 Å². The number of aryl methyl sites for hydroxylation is 1. The predicted molar refractivity (Wildman–Crippen MR) is 89.4 cm³/mol. The monoisotopic (exact) mass is 346 g/mol. The molecule has 3 heteroatoms. The van der Waals surface area contributed by atoms with Gasteiger partial charge in [0.2, 0.25) is 0 Å². The van der Waals surface area contributed by atoms with Gasteiger partial charge >= 0.3 is 0 Å². The Balaban J connectivity index is 2.17. The number of hydrogen-bond acceptors (Lipinski definition) is 2. The average molecular weight is 347 g/mol. The predicted octanol–water partition coefficient (Wildman–Crippen LogP) is 5.31. The second-order valence-electron chi connectivity index (χ2n) is 4.75. The third kappa shape index (κ3) is 2.30. The van der Waals surface area contributed by atoms with Gasteiger partial charge in [-0.25, -0.2) is 0 Å². The summed E-state index contributed by atoms with van der Waals surface area (Å²) in [4.78, 5) is 1.06. The lowest BCUT2D eigenvalue weighted by molar-refractivity contribution is 0.225. The maximum Gasteiger partial charge on any atom is 0.114 e. The number of benzene rings is 2. The lowest BCUT2D eigenvalue weighted by Crippen LogP contribution is -2.01.